The summed E-state index contributed by atoms with van der Waals surface area (Å²) in [5.41, 5.74) is 0.861. The van der Waals surface area contributed by atoms with E-state index in [1.54, 1.807) is 17.9 Å². The second-order valence-electron chi connectivity index (χ2n) is 5.34. The molecule has 5 heteroatoms. The van der Waals surface area contributed by atoms with Crippen molar-refractivity contribution in [2.24, 2.45) is 0 Å². The van der Waals surface area contributed by atoms with E-state index in [2.05, 4.69) is 5.32 Å². The summed E-state index contributed by atoms with van der Waals surface area (Å²) in [5, 5.41) is 3.14. The van der Waals surface area contributed by atoms with Crippen molar-refractivity contribution < 1.29 is 13.9 Å². The van der Waals surface area contributed by atoms with Gasteiger partial charge in [-0.05, 0) is 44.0 Å². The molecule has 1 N–H and O–H groups in total. The quantitative estimate of drug-likeness (QED) is 0.875. The smallest absolute Gasteiger partial charge is 0.263 e. The molecule has 0 radical (unpaired) electrons. The molecule has 1 aromatic carbocycles. The standard InChI is InChI=1S/C16H23FN2O2/c1-3-18-11-13-6-7-15(14(17)10-13)21-12(2)16(20)19-8-4-5-9-19/h6-7,10,12,18H,3-5,8-9,11H2,1-2H3. The van der Waals surface area contributed by atoms with E-state index in [9.17, 15) is 9.18 Å². The highest BCUT2D eigenvalue weighted by atomic mass is 19.1. The molecule has 0 aromatic heterocycles. The van der Waals surface area contributed by atoms with Crippen LogP contribution in [0.1, 0.15) is 32.3 Å². The average molecular weight is 294 g/mol. The topological polar surface area (TPSA) is 41.6 Å². The molecule has 1 unspecified atom stereocenters. The maximum absolute atomic E-state index is 14.0. The monoisotopic (exact) mass is 294 g/mol. The van der Waals surface area contributed by atoms with Gasteiger partial charge in [0.25, 0.3) is 5.91 Å². The van der Waals surface area contributed by atoms with E-state index >= 15 is 0 Å². The van der Waals surface area contributed by atoms with Gasteiger partial charge in [0.05, 0.1) is 0 Å². The summed E-state index contributed by atoms with van der Waals surface area (Å²) in [5.74, 6) is -0.356. The highest BCUT2D eigenvalue weighted by Crippen LogP contribution is 2.21. The van der Waals surface area contributed by atoms with Crippen molar-refractivity contribution in [3.8, 4) is 5.75 Å². The normalized spacial score (nSPS) is 16.0. The maximum atomic E-state index is 14.0. The van der Waals surface area contributed by atoms with Crippen molar-refractivity contribution >= 4 is 5.91 Å². The molecule has 116 valence electrons. The van der Waals surface area contributed by atoms with Crippen molar-refractivity contribution in [1.29, 1.82) is 0 Å². The Morgan fingerprint density at radius 3 is 2.76 bits per heavy atom. The number of nitrogens with one attached hydrogen (secondary N) is 1. The van der Waals surface area contributed by atoms with Crippen molar-refractivity contribution in [3.63, 3.8) is 0 Å². The number of halogens is 1. The molecular weight excluding hydrogens is 271 g/mol. The summed E-state index contributed by atoms with van der Waals surface area (Å²) < 4.78 is 19.5. The summed E-state index contributed by atoms with van der Waals surface area (Å²) >= 11 is 0. The molecule has 1 aromatic rings. The highest BCUT2D eigenvalue weighted by molar-refractivity contribution is 5.81. The predicted octanol–water partition coefficient (Wildman–Crippen LogP) is 2.32. The largest absolute Gasteiger partial charge is 0.478 e. The lowest BCUT2D eigenvalue weighted by Gasteiger charge is -2.21. The van der Waals surface area contributed by atoms with Crippen LogP contribution >= 0.6 is 0 Å². The number of ether oxygens (including phenoxy) is 1. The molecule has 1 atom stereocenters. The first-order chi connectivity index (χ1) is 10.1. The zero-order chi connectivity index (χ0) is 15.2. The Morgan fingerprint density at radius 1 is 1.43 bits per heavy atom. The number of benzene rings is 1. The zero-order valence-corrected chi connectivity index (χ0v) is 12.7. The number of carbonyl (C=O) groups is 1. The van der Waals surface area contributed by atoms with Crippen LogP contribution in [0, 0.1) is 5.82 Å². The van der Waals surface area contributed by atoms with E-state index < -0.39 is 11.9 Å². The van der Waals surface area contributed by atoms with Gasteiger partial charge in [-0.2, -0.15) is 0 Å². The Labute approximate surface area is 125 Å². The molecule has 4 nitrogen and oxygen atoms in total. The molecule has 21 heavy (non-hydrogen) atoms. The van der Waals surface area contributed by atoms with Crippen molar-refractivity contribution in [2.75, 3.05) is 19.6 Å². The molecule has 1 aliphatic rings. The van der Waals surface area contributed by atoms with Crippen LogP contribution in [-0.2, 0) is 11.3 Å². The summed E-state index contributed by atoms with van der Waals surface area (Å²) in [7, 11) is 0. The van der Waals surface area contributed by atoms with Crippen LogP contribution in [0.25, 0.3) is 0 Å². The Kier molecular flexibility index (Phi) is 5.56. The van der Waals surface area contributed by atoms with Crippen LogP contribution in [-0.4, -0.2) is 36.5 Å². The van der Waals surface area contributed by atoms with Crippen molar-refractivity contribution in [1.82, 2.24) is 10.2 Å². The lowest BCUT2D eigenvalue weighted by atomic mass is 10.2. The maximum Gasteiger partial charge on any atom is 0.263 e. The van der Waals surface area contributed by atoms with E-state index in [4.69, 9.17) is 4.74 Å². The van der Waals surface area contributed by atoms with Crippen molar-refractivity contribution in [3.05, 3.63) is 29.6 Å². The summed E-state index contributed by atoms with van der Waals surface area (Å²) in [6.45, 7) is 6.68. The molecule has 0 spiro atoms. The average Bonchev–Trinajstić information content (AvgIpc) is 3.01. The predicted molar refractivity (Wildman–Crippen MR) is 79.7 cm³/mol. The fourth-order valence-electron chi connectivity index (χ4n) is 2.45. The second-order valence-corrected chi connectivity index (χ2v) is 5.34. The third-order valence-electron chi connectivity index (χ3n) is 3.64. The number of carbonyl (C=O) groups excluding carboxylic acids is 1. The van der Waals surface area contributed by atoms with E-state index in [1.807, 2.05) is 13.0 Å². The van der Waals surface area contributed by atoms with E-state index in [-0.39, 0.29) is 11.7 Å². The van der Waals surface area contributed by atoms with Crippen LogP contribution in [0.2, 0.25) is 0 Å². The van der Waals surface area contributed by atoms with Crippen molar-refractivity contribution in [2.45, 2.75) is 39.3 Å². The van der Waals surface area contributed by atoms with Crippen LogP contribution in [0.5, 0.6) is 5.75 Å². The first-order valence-corrected chi connectivity index (χ1v) is 7.56. The first kappa shape index (κ1) is 15.8. The van der Waals surface area contributed by atoms with Gasteiger partial charge in [0.1, 0.15) is 0 Å². The molecule has 0 saturated carbocycles. The number of hydrogen-bond donors (Lipinski definition) is 1. The van der Waals surface area contributed by atoms with Gasteiger partial charge >= 0.3 is 0 Å². The minimum absolute atomic E-state index is 0.0661. The number of rotatable bonds is 6. The van der Waals surface area contributed by atoms with Crippen LogP contribution in [0.4, 0.5) is 4.39 Å². The zero-order valence-electron chi connectivity index (χ0n) is 12.7. The first-order valence-electron chi connectivity index (χ1n) is 7.56. The Balaban J connectivity index is 1.96. The van der Waals surface area contributed by atoms with E-state index in [0.29, 0.717) is 6.54 Å². The van der Waals surface area contributed by atoms with Crippen LogP contribution < -0.4 is 10.1 Å². The van der Waals surface area contributed by atoms with Crippen LogP contribution in [0.15, 0.2) is 18.2 Å². The lowest BCUT2D eigenvalue weighted by molar-refractivity contribution is -0.136. The summed E-state index contributed by atoms with van der Waals surface area (Å²) in [6.07, 6.45) is 1.41. The summed E-state index contributed by atoms with van der Waals surface area (Å²) in [6, 6.07) is 4.86. The number of nitrogens with zero attached hydrogens (tertiary/aromatic N) is 1. The number of amides is 1. The Bertz CT molecular complexity index is 487. The molecule has 1 aliphatic heterocycles. The third kappa shape index (κ3) is 4.17. The minimum atomic E-state index is -0.655. The van der Waals surface area contributed by atoms with Gasteiger partial charge in [0.15, 0.2) is 17.7 Å². The van der Waals surface area contributed by atoms with Gasteiger partial charge in [-0.25, -0.2) is 4.39 Å². The van der Waals surface area contributed by atoms with Gasteiger partial charge in [-0.1, -0.05) is 13.0 Å². The SMILES string of the molecule is CCNCc1ccc(OC(C)C(=O)N2CCCC2)c(F)c1. The molecule has 0 aliphatic carbocycles. The minimum Gasteiger partial charge on any atom is -0.478 e. The second kappa shape index (κ2) is 7.41. The third-order valence-corrected chi connectivity index (χ3v) is 3.64. The van der Waals surface area contributed by atoms with E-state index in [0.717, 1.165) is 38.0 Å². The Hall–Kier alpha value is -1.62. The highest BCUT2D eigenvalue weighted by Gasteiger charge is 2.25. The van der Waals surface area contributed by atoms with Gasteiger partial charge < -0.3 is 15.0 Å². The van der Waals surface area contributed by atoms with Gasteiger partial charge in [-0.15, -0.1) is 0 Å². The molecule has 1 saturated heterocycles. The molecular formula is C16H23FN2O2. The molecule has 0 bridgehead atoms. The van der Waals surface area contributed by atoms with Crippen LogP contribution in [0.3, 0.4) is 0 Å². The van der Waals surface area contributed by atoms with Gasteiger partial charge in [0, 0.05) is 19.6 Å². The number of likely N-dealkylation sites (tertiary alicyclic amines) is 1. The molecule has 1 fully saturated rings. The fraction of sp³-hybridized carbons (Fsp3) is 0.562. The van der Waals surface area contributed by atoms with E-state index in [1.165, 1.54) is 6.07 Å². The van der Waals surface area contributed by atoms with Gasteiger partial charge in [0.2, 0.25) is 0 Å². The lowest BCUT2D eigenvalue weighted by Crippen LogP contribution is -2.38. The Morgan fingerprint density at radius 2 is 2.14 bits per heavy atom. The fourth-order valence-corrected chi connectivity index (χ4v) is 2.45. The number of hydrogen-bond acceptors (Lipinski definition) is 3. The molecule has 1 heterocycles. The van der Waals surface area contributed by atoms with Gasteiger partial charge in [-0.3, -0.25) is 4.79 Å². The molecule has 2 rings (SSSR count). The molecule has 1 amide bonds. The summed E-state index contributed by atoms with van der Waals surface area (Å²) in [4.78, 5) is 13.9.